The molecule has 7 nitrogen and oxygen atoms in total. The van der Waals surface area contributed by atoms with Crippen molar-refractivity contribution in [3.63, 3.8) is 0 Å². The van der Waals surface area contributed by atoms with Crippen molar-refractivity contribution in [2.45, 2.75) is 23.8 Å². The van der Waals surface area contributed by atoms with Gasteiger partial charge in [-0.1, -0.05) is 36.4 Å². The molecule has 1 aliphatic heterocycles. The number of nitrogens with one attached hydrogen (secondary N) is 1. The Labute approximate surface area is 201 Å². The van der Waals surface area contributed by atoms with E-state index in [1.54, 1.807) is 16.8 Å². The molecule has 1 aliphatic rings. The smallest absolute Gasteiger partial charge is 0.269 e. The number of carbonyl (C=O) groups excluding carboxylic acids is 1. The summed E-state index contributed by atoms with van der Waals surface area (Å²) in [4.78, 5) is 25.0. The molecule has 4 aromatic rings. The lowest BCUT2D eigenvalue weighted by molar-refractivity contribution is -0.384. The number of nitro benzene ring substituents is 1. The van der Waals surface area contributed by atoms with Gasteiger partial charge in [0.2, 0.25) is 5.91 Å². The number of amides is 1. The maximum Gasteiger partial charge on any atom is 0.269 e. The van der Waals surface area contributed by atoms with Crippen LogP contribution in [-0.2, 0) is 11.2 Å². The van der Waals surface area contributed by atoms with E-state index in [2.05, 4.69) is 17.4 Å². The minimum Gasteiger partial charge on any atom is -0.349 e. The van der Waals surface area contributed by atoms with Gasteiger partial charge in [0.25, 0.3) is 5.69 Å². The van der Waals surface area contributed by atoms with E-state index in [1.165, 1.54) is 17.0 Å². The zero-order chi connectivity index (χ0) is 23.5. The Morgan fingerprint density at radius 3 is 2.56 bits per heavy atom. The average Bonchev–Trinajstić information content (AvgIpc) is 3.28. The van der Waals surface area contributed by atoms with E-state index in [-0.39, 0.29) is 24.1 Å². The quantitative estimate of drug-likeness (QED) is 0.303. The van der Waals surface area contributed by atoms with E-state index >= 15 is 0 Å². The van der Waals surface area contributed by atoms with Crippen LogP contribution < -0.4 is 5.32 Å². The molecule has 1 N–H and O–H groups in total. The van der Waals surface area contributed by atoms with Gasteiger partial charge in [-0.25, -0.2) is 4.68 Å². The van der Waals surface area contributed by atoms with Crippen LogP contribution in [0.25, 0.3) is 16.9 Å². The first-order valence-electron chi connectivity index (χ1n) is 11.0. The van der Waals surface area contributed by atoms with Crippen molar-refractivity contribution in [1.29, 1.82) is 0 Å². The number of aromatic nitrogens is 2. The fourth-order valence-corrected chi connectivity index (χ4v) is 5.27. The topological polar surface area (TPSA) is 90.1 Å². The number of nitrogens with zero attached hydrogens (tertiary/aromatic N) is 3. The third kappa shape index (κ3) is 4.58. The summed E-state index contributed by atoms with van der Waals surface area (Å²) in [5.74, 6) is 0.879. The van der Waals surface area contributed by atoms with Crippen LogP contribution in [0.5, 0.6) is 0 Å². The molecule has 8 heteroatoms. The van der Waals surface area contributed by atoms with Crippen LogP contribution >= 0.6 is 11.8 Å². The molecule has 34 heavy (non-hydrogen) atoms. The lowest BCUT2D eigenvalue weighted by Gasteiger charge is -2.25. The van der Waals surface area contributed by atoms with E-state index < -0.39 is 4.92 Å². The Morgan fingerprint density at radius 1 is 1.06 bits per heavy atom. The van der Waals surface area contributed by atoms with Crippen LogP contribution in [-0.4, -0.2) is 26.4 Å². The molecule has 1 aromatic heterocycles. The Hall–Kier alpha value is -3.91. The molecule has 0 saturated carbocycles. The standard InChI is InChI=1S/C26H22N4O3S/c31-25(27-23-14-15-34-24-9-5-4-8-22(23)24)16-19-17-29(20-6-2-1-3-7-20)28-26(19)18-10-12-21(13-11-18)30(32)33/h1-13,17,23H,14-16H2,(H,27,31). The summed E-state index contributed by atoms with van der Waals surface area (Å²) in [6.07, 6.45) is 2.90. The number of benzene rings is 3. The SMILES string of the molecule is O=C(Cc1cn(-c2ccccc2)nc1-c1ccc([N+](=O)[O-])cc1)NC1CCSc2ccccc21. The normalized spacial score (nSPS) is 14.9. The fourth-order valence-electron chi connectivity index (χ4n) is 4.15. The summed E-state index contributed by atoms with van der Waals surface area (Å²) in [7, 11) is 0. The maximum atomic E-state index is 13.1. The van der Waals surface area contributed by atoms with Crippen LogP contribution in [0.3, 0.4) is 0 Å². The Balaban J connectivity index is 1.43. The molecule has 5 rings (SSSR count). The zero-order valence-electron chi connectivity index (χ0n) is 18.3. The largest absolute Gasteiger partial charge is 0.349 e. The second-order valence-electron chi connectivity index (χ2n) is 8.06. The highest BCUT2D eigenvalue weighted by molar-refractivity contribution is 7.99. The molecule has 3 aromatic carbocycles. The lowest BCUT2D eigenvalue weighted by atomic mass is 10.0. The maximum absolute atomic E-state index is 13.1. The first-order chi connectivity index (χ1) is 16.6. The number of hydrogen-bond donors (Lipinski definition) is 1. The van der Waals surface area contributed by atoms with Gasteiger partial charge in [-0.05, 0) is 42.3 Å². The van der Waals surface area contributed by atoms with Crippen molar-refractivity contribution in [3.05, 3.63) is 106 Å². The predicted octanol–water partition coefficient (Wildman–Crippen LogP) is 5.34. The van der Waals surface area contributed by atoms with Gasteiger partial charge in [0.1, 0.15) is 0 Å². The molecule has 0 saturated heterocycles. The summed E-state index contributed by atoms with van der Waals surface area (Å²) < 4.78 is 1.74. The molecule has 170 valence electrons. The van der Waals surface area contributed by atoms with Gasteiger partial charge in [-0.2, -0.15) is 5.10 Å². The summed E-state index contributed by atoms with van der Waals surface area (Å²) in [5, 5.41) is 19.0. The van der Waals surface area contributed by atoms with Gasteiger partial charge in [-0.3, -0.25) is 14.9 Å². The van der Waals surface area contributed by atoms with E-state index in [4.69, 9.17) is 5.10 Å². The first-order valence-corrected chi connectivity index (χ1v) is 12.0. The van der Waals surface area contributed by atoms with Gasteiger partial charge in [0.15, 0.2) is 0 Å². The van der Waals surface area contributed by atoms with E-state index in [1.807, 2.05) is 60.4 Å². The van der Waals surface area contributed by atoms with Gasteiger partial charge >= 0.3 is 0 Å². The number of hydrogen-bond acceptors (Lipinski definition) is 5. The molecule has 0 aliphatic carbocycles. The fraction of sp³-hybridized carbons (Fsp3) is 0.154. The number of nitro groups is 1. The summed E-state index contributed by atoms with van der Waals surface area (Å²) in [5.41, 5.74) is 4.15. The summed E-state index contributed by atoms with van der Waals surface area (Å²) >= 11 is 1.81. The number of non-ortho nitro benzene ring substituents is 1. The minimum atomic E-state index is -0.430. The van der Waals surface area contributed by atoms with E-state index in [0.717, 1.165) is 34.6 Å². The van der Waals surface area contributed by atoms with Gasteiger partial charge in [0, 0.05) is 40.1 Å². The number of fused-ring (bicyclic) bond motifs is 1. The molecule has 1 amide bonds. The number of para-hydroxylation sites is 1. The monoisotopic (exact) mass is 470 g/mol. The molecule has 1 atom stereocenters. The van der Waals surface area contributed by atoms with Crippen LogP contribution in [0.2, 0.25) is 0 Å². The van der Waals surface area contributed by atoms with E-state index in [0.29, 0.717) is 5.69 Å². The highest BCUT2D eigenvalue weighted by atomic mass is 32.2. The van der Waals surface area contributed by atoms with Crippen LogP contribution in [0.4, 0.5) is 5.69 Å². The Morgan fingerprint density at radius 2 is 1.79 bits per heavy atom. The lowest BCUT2D eigenvalue weighted by Crippen LogP contribution is -2.31. The summed E-state index contributed by atoms with van der Waals surface area (Å²) in [6, 6.07) is 24.1. The number of thioether (sulfide) groups is 1. The Kier molecular flexibility index (Phi) is 6.14. The van der Waals surface area contributed by atoms with Gasteiger partial charge < -0.3 is 5.32 Å². The third-order valence-corrected chi connectivity index (χ3v) is 6.93. The third-order valence-electron chi connectivity index (χ3n) is 5.81. The second-order valence-corrected chi connectivity index (χ2v) is 9.20. The van der Waals surface area contributed by atoms with Crippen molar-refractivity contribution in [1.82, 2.24) is 15.1 Å². The van der Waals surface area contributed by atoms with Gasteiger partial charge in [-0.15, -0.1) is 11.8 Å². The Bertz CT molecular complexity index is 1340. The molecule has 0 radical (unpaired) electrons. The predicted molar refractivity (Wildman–Crippen MR) is 132 cm³/mol. The van der Waals surface area contributed by atoms with Gasteiger partial charge in [0.05, 0.1) is 28.8 Å². The molecule has 1 unspecified atom stereocenters. The van der Waals surface area contributed by atoms with Crippen molar-refractivity contribution in [2.24, 2.45) is 0 Å². The van der Waals surface area contributed by atoms with E-state index in [9.17, 15) is 14.9 Å². The van der Waals surface area contributed by atoms with Crippen molar-refractivity contribution >= 4 is 23.4 Å². The van der Waals surface area contributed by atoms with Crippen molar-refractivity contribution in [2.75, 3.05) is 5.75 Å². The first kappa shape index (κ1) is 21.9. The molecule has 2 heterocycles. The summed E-state index contributed by atoms with van der Waals surface area (Å²) in [6.45, 7) is 0. The van der Waals surface area contributed by atoms with Crippen LogP contribution in [0.1, 0.15) is 23.6 Å². The molecular formula is C26H22N4O3S. The zero-order valence-corrected chi connectivity index (χ0v) is 19.1. The highest BCUT2D eigenvalue weighted by Gasteiger charge is 2.23. The molecule has 0 fully saturated rings. The number of rotatable bonds is 6. The second kappa shape index (κ2) is 9.52. The van der Waals surface area contributed by atoms with Crippen molar-refractivity contribution < 1.29 is 9.72 Å². The number of carbonyl (C=O) groups is 1. The highest BCUT2D eigenvalue weighted by Crippen LogP contribution is 2.36. The minimum absolute atomic E-state index is 0.0133. The van der Waals surface area contributed by atoms with Crippen LogP contribution in [0.15, 0.2) is 90.0 Å². The molecule has 0 spiro atoms. The molecule has 0 bridgehead atoms. The molecular weight excluding hydrogens is 448 g/mol. The van der Waals surface area contributed by atoms with Crippen LogP contribution in [0, 0.1) is 10.1 Å². The average molecular weight is 471 g/mol. The van der Waals surface area contributed by atoms with Crippen molar-refractivity contribution in [3.8, 4) is 16.9 Å².